The first kappa shape index (κ1) is 21.8. The molecule has 0 saturated heterocycles. The SMILES string of the molecule is COC(=O)c1cc(I)c(C2CC2)cc1C.COC(=O)c1ccc(C2CC2)cc1C. The van der Waals surface area contributed by atoms with E-state index < -0.39 is 0 Å². The minimum Gasteiger partial charge on any atom is -0.465 e. The summed E-state index contributed by atoms with van der Waals surface area (Å²) in [5.74, 6) is 0.973. The van der Waals surface area contributed by atoms with Crippen molar-refractivity contribution >= 4 is 34.5 Å². The lowest BCUT2D eigenvalue weighted by Gasteiger charge is -2.09. The van der Waals surface area contributed by atoms with E-state index in [4.69, 9.17) is 9.47 Å². The van der Waals surface area contributed by atoms with Gasteiger partial charge in [-0.15, -0.1) is 0 Å². The lowest BCUT2D eigenvalue weighted by atomic mass is 10.0. The Labute approximate surface area is 186 Å². The topological polar surface area (TPSA) is 52.6 Å². The number of carbonyl (C=O) groups excluding carboxylic acids is 2. The van der Waals surface area contributed by atoms with Crippen molar-refractivity contribution in [2.45, 2.75) is 51.4 Å². The van der Waals surface area contributed by atoms with Crippen molar-refractivity contribution in [3.05, 3.63) is 67.3 Å². The number of methoxy groups -OCH3 is 2. The molecule has 0 aliphatic heterocycles. The molecule has 2 fully saturated rings. The van der Waals surface area contributed by atoms with E-state index in [0.29, 0.717) is 11.1 Å². The lowest BCUT2D eigenvalue weighted by Crippen LogP contribution is -2.05. The van der Waals surface area contributed by atoms with Crippen molar-refractivity contribution in [1.29, 1.82) is 0 Å². The van der Waals surface area contributed by atoms with E-state index in [0.717, 1.165) is 23.0 Å². The third-order valence-corrected chi connectivity index (χ3v) is 6.40. The van der Waals surface area contributed by atoms with Crippen LogP contribution in [0.25, 0.3) is 0 Å². The highest BCUT2D eigenvalue weighted by atomic mass is 127. The number of esters is 2. The van der Waals surface area contributed by atoms with Crippen LogP contribution in [0.2, 0.25) is 0 Å². The number of aryl methyl sites for hydroxylation is 2. The Morgan fingerprint density at radius 2 is 1.38 bits per heavy atom. The molecule has 5 heteroatoms. The second-order valence-corrected chi connectivity index (χ2v) is 8.96. The Morgan fingerprint density at radius 1 is 0.828 bits per heavy atom. The summed E-state index contributed by atoms with van der Waals surface area (Å²) >= 11 is 2.30. The molecule has 29 heavy (non-hydrogen) atoms. The van der Waals surface area contributed by atoms with Crippen LogP contribution < -0.4 is 0 Å². The van der Waals surface area contributed by atoms with Crippen molar-refractivity contribution in [3.8, 4) is 0 Å². The van der Waals surface area contributed by atoms with Crippen molar-refractivity contribution in [3.63, 3.8) is 0 Å². The molecule has 4 rings (SSSR count). The van der Waals surface area contributed by atoms with E-state index in [1.54, 1.807) is 0 Å². The zero-order chi connectivity index (χ0) is 21.1. The molecule has 2 saturated carbocycles. The van der Waals surface area contributed by atoms with Gasteiger partial charge in [0.2, 0.25) is 0 Å². The standard InChI is InChI=1S/C12H13IO2.C12H14O2/c1-7-5-10(8-3-4-8)11(13)6-9(7)12(14)15-2;1-8-7-10(9-3-4-9)5-6-11(8)12(13)14-2/h5-6,8H,3-4H2,1-2H3;5-7,9H,3-4H2,1-2H3. The maximum Gasteiger partial charge on any atom is 0.338 e. The molecule has 0 bridgehead atoms. The van der Waals surface area contributed by atoms with Gasteiger partial charge in [0.15, 0.2) is 0 Å². The molecule has 0 radical (unpaired) electrons. The van der Waals surface area contributed by atoms with E-state index in [-0.39, 0.29) is 11.9 Å². The monoisotopic (exact) mass is 506 g/mol. The van der Waals surface area contributed by atoms with Crippen molar-refractivity contribution < 1.29 is 19.1 Å². The summed E-state index contributed by atoms with van der Waals surface area (Å²) in [6.07, 6.45) is 5.15. The normalized spacial score (nSPS) is 15.2. The predicted octanol–water partition coefficient (Wildman–Crippen LogP) is 5.92. The number of ether oxygens (including phenoxy) is 2. The summed E-state index contributed by atoms with van der Waals surface area (Å²) in [6, 6.07) is 10.1. The molecule has 0 N–H and O–H groups in total. The molecule has 2 aliphatic rings. The van der Waals surface area contributed by atoms with Gasteiger partial charge in [0.25, 0.3) is 0 Å². The molecule has 0 amide bonds. The number of halogens is 1. The van der Waals surface area contributed by atoms with E-state index >= 15 is 0 Å². The Bertz CT molecular complexity index is 927. The van der Waals surface area contributed by atoms with Crippen LogP contribution in [-0.4, -0.2) is 26.2 Å². The number of benzene rings is 2. The van der Waals surface area contributed by atoms with Gasteiger partial charge in [-0.25, -0.2) is 9.59 Å². The average Bonchev–Trinajstić information content (AvgIpc) is 3.61. The molecule has 4 nitrogen and oxygen atoms in total. The molecule has 0 aromatic heterocycles. The first-order valence-corrected chi connectivity index (χ1v) is 11.0. The van der Waals surface area contributed by atoms with Crippen LogP contribution >= 0.6 is 22.6 Å². The molecule has 2 aromatic rings. The van der Waals surface area contributed by atoms with Gasteiger partial charge in [-0.2, -0.15) is 0 Å². The van der Waals surface area contributed by atoms with Crippen LogP contribution in [0, 0.1) is 17.4 Å². The molecule has 0 spiro atoms. The number of hydrogen-bond acceptors (Lipinski definition) is 4. The zero-order valence-corrected chi connectivity index (χ0v) is 19.5. The summed E-state index contributed by atoms with van der Waals surface area (Å²) in [6.45, 7) is 3.92. The van der Waals surface area contributed by atoms with Crippen LogP contribution in [-0.2, 0) is 9.47 Å². The third-order valence-electron chi connectivity index (χ3n) is 5.47. The van der Waals surface area contributed by atoms with Crippen LogP contribution in [0.15, 0.2) is 30.3 Å². The first-order valence-electron chi connectivity index (χ1n) is 9.93. The molecular formula is C24H27IO4. The van der Waals surface area contributed by atoms with Crippen molar-refractivity contribution in [2.24, 2.45) is 0 Å². The zero-order valence-electron chi connectivity index (χ0n) is 17.4. The van der Waals surface area contributed by atoms with Crippen molar-refractivity contribution in [1.82, 2.24) is 0 Å². The number of hydrogen-bond donors (Lipinski definition) is 0. The van der Waals surface area contributed by atoms with Gasteiger partial charge in [-0.1, -0.05) is 18.2 Å². The highest BCUT2D eigenvalue weighted by Crippen LogP contribution is 2.43. The Balaban J connectivity index is 0.000000166. The van der Waals surface area contributed by atoms with E-state index in [1.165, 1.54) is 54.6 Å². The van der Waals surface area contributed by atoms with Gasteiger partial charge >= 0.3 is 11.9 Å². The molecule has 2 aromatic carbocycles. The van der Waals surface area contributed by atoms with Crippen LogP contribution in [0.3, 0.4) is 0 Å². The first-order chi connectivity index (χ1) is 13.8. The summed E-state index contributed by atoms with van der Waals surface area (Å²) in [4.78, 5) is 22.8. The molecule has 0 atom stereocenters. The van der Waals surface area contributed by atoms with Crippen LogP contribution in [0.5, 0.6) is 0 Å². The average molecular weight is 506 g/mol. The fraction of sp³-hybridized carbons (Fsp3) is 0.417. The largest absolute Gasteiger partial charge is 0.465 e. The summed E-state index contributed by atoms with van der Waals surface area (Å²) in [5, 5.41) is 0. The van der Waals surface area contributed by atoms with Gasteiger partial charge in [0.05, 0.1) is 25.3 Å². The lowest BCUT2D eigenvalue weighted by molar-refractivity contribution is 0.0591. The van der Waals surface area contributed by atoms with Gasteiger partial charge < -0.3 is 9.47 Å². The summed E-state index contributed by atoms with van der Waals surface area (Å²) < 4.78 is 10.6. The minimum atomic E-state index is -0.246. The quantitative estimate of drug-likeness (QED) is 0.382. The maximum absolute atomic E-state index is 11.5. The third kappa shape index (κ3) is 5.38. The molecule has 0 heterocycles. The fourth-order valence-electron chi connectivity index (χ4n) is 3.44. The highest BCUT2D eigenvalue weighted by molar-refractivity contribution is 14.1. The maximum atomic E-state index is 11.5. The Morgan fingerprint density at radius 3 is 1.90 bits per heavy atom. The molecule has 154 valence electrons. The summed E-state index contributed by atoms with van der Waals surface area (Å²) in [7, 11) is 2.83. The fourth-order valence-corrected chi connectivity index (χ4v) is 4.34. The molecular weight excluding hydrogens is 479 g/mol. The van der Waals surface area contributed by atoms with E-state index in [2.05, 4.69) is 34.7 Å². The number of carbonyl (C=O) groups is 2. The second-order valence-electron chi connectivity index (χ2n) is 7.79. The van der Waals surface area contributed by atoms with Crippen molar-refractivity contribution in [2.75, 3.05) is 14.2 Å². The second kappa shape index (κ2) is 9.28. The minimum absolute atomic E-state index is 0.243. The van der Waals surface area contributed by atoms with Crippen LogP contribution in [0.1, 0.15) is 80.5 Å². The number of rotatable bonds is 4. The summed E-state index contributed by atoms with van der Waals surface area (Å²) in [5.41, 5.74) is 6.14. The van der Waals surface area contributed by atoms with Gasteiger partial charge in [0.1, 0.15) is 0 Å². The van der Waals surface area contributed by atoms with Gasteiger partial charge in [0, 0.05) is 3.57 Å². The van der Waals surface area contributed by atoms with Crippen LogP contribution in [0.4, 0.5) is 0 Å². The van der Waals surface area contributed by atoms with E-state index in [9.17, 15) is 9.59 Å². The molecule has 2 aliphatic carbocycles. The Kier molecular flexibility index (Phi) is 6.98. The van der Waals surface area contributed by atoms with E-state index in [1.807, 2.05) is 32.0 Å². The molecule has 0 unspecified atom stereocenters. The Hall–Kier alpha value is -1.89. The van der Waals surface area contributed by atoms with Gasteiger partial charge in [-0.3, -0.25) is 0 Å². The smallest absolute Gasteiger partial charge is 0.338 e. The predicted molar refractivity (Wildman–Crippen MR) is 122 cm³/mol. The highest BCUT2D eigenvalue weighted by Gasteiger charge is 2.27. The van der Waals surface area contributed by atoms with Gasteiger partial charge in [-0.05, 0) is 108 Å².